The first kappa shape index (κ1) is 27.3. The molecule has 2 heterocycles. The van der Waals surface area contributed by atoms with Gasteiger partial charge in [0.2, 0.25) is 21.8 Å². The molecule has 0 saturated heterocycles. The van der Waals surface area contributed by atoms with Crippen LogP contribution in [0.3, 0.4) is 0 Å². The summed E-state index contributed by atoms with van der Waals surface area (Å²) in [5.74, 6) is -0.876. The standard InChI is InChI=1S/C29H29N3O4S3/c30-39(35,36)27-9-2-1-5-22(27)20-12-10-19(11-13-20)17-31-28(33)23-6-3-7-24(23)29(34)32-18-21-14-15-26(38-21)25-8-4-16-37-25/h1-2,4-5,8-16,23-24H,3,6-7,17-18H2,(H,31,33)(H,32,34)(H2,30,35,36)/t23?,24-/m1/s1. The van der Waals surface area contributed by atoms with Crippen molar-refractivity contribution in [3.63, 3.8) is 0 Å². The van der Waals surface area contributed by atoms with Gasteiger partial charge in [-0.3, -0.25) is 9.59 Å². The lowest BCUT2D eigenvalue weighted by atomic mass is 9.94. The Morgan fingerprint density at radius 1 is 0.821 bits per heavy atom. The van der Waals surface area contributed by atoms with E-state index in [0.29, 0.717) is 31.5 Å². The van der Waals surface area contributed by atoms with Crippen LogP contribution in [-0.2, 0) is 32.7 Å². The SMILES string of the molecule is NS(=O)(=O)c1ccccc1-c1ccc(CNC(=O)C2CCC[C@H]2C(=O)NCc2ccc(-c3cccs3)s2)cc1. The molecule has 39 heavy (non-hydrogen) atoms. The number of carbonyl (C=O) groups is 2. The highest BCUT2D eigenvalue weighted by molar-refractivity contribution is 7.89. The second-order valence-electron chi connectivity index (χ2n) is 9.56. The van der Waals surface area contributed by atoms with E-state index in [-0.39, 0.29) is 28.5 Å². The van der Waals surface area contributed by atoms with Crippen LogP contribution in [0, 0.1) is 11.8 Å². The van der Waals surface area contributed by atoms with Crippen LogP contribution in [0.25, 0.3) is 20.9 Å². The Kier molecular flexibility index (Phi) is 8.27. The third-order valence-corrected chi connectivity index (χ3v) is 10.1. The molecule has 7 nitrogen and oxygen atoms in total. The minimum absolute atomic E-state index is 0.0682. The van der Waals surface area contributed by atoms with Crippen molar-refractivity contribution in [2.24, 2.45) is 17.0 Å². The van der Waals surface area contributed by atoms with Crippen LogP contribution in [0.15, 0.2) is 83.1 Å². The Morgan fingerprint density at radius 2 is 1.51 bits per heavy atom. The number of sulfonamides is 1. The summed E-state index contributed by atoms with van der Waals surface area (Å²) in [7, 11) is -3.85. The van der Waals surface area contributed by atoms with E-state index in [9.17, 15) is 18.0 Å². The van der Waals surface area contributed by atoms with Gasteiger partial charge in [-0.25, -0.2) is 13.6 Å². The van der Waals surface area contributed by atoms with Crippen LogP contribution in [-0.4, -0.2) is 20.2 Å². The highest BCUT2D eigenvalue weighted by atomic mass is 32.2. The molecule has 1 aliphatic carbocycles. The molecule has 0 bridgehead atoms. The Balaban J connectivity index is 1.15. The van der Waals surface area contributed by atoms with E-state index < -0.39 is 10.0 Å². The summed E-state index contributed by atoms with van der Waals surface area (Å²) in [5, 5.41) is 13.4. The molecule has 2 aromatic heterocycles. The average Bonchev–Trinajstić information content (AvgIpc) is 3.72. The maximum atomic E-state index is 13.0. The number of hydrogen-bond donors (Lipinski definition) is 3. The molecular weight excluding hydrogens is 551 g/mol. The molecule has 2 atom stereocenters. The Morgan fingerprint density at radius 3 is 2.18 bits per heavy atom. The Bertz CT molecular complexity index is 1560. The van der Waals surface area contributed by atoms with Crippen molar-refractivity contribution >= 4 is 44.5 Å². The summed E-state index contributed by atoms with van der Waals surface area (Å²) in [6, 6.07) is 22.1. The van der Waals surface area contributed by atoms with Crippen LogP contribution in [0.2, 0.25) is 0 Å². The Hall–Kier alpha value is -3.31. The maximum absolute atomic E-state index is 13.0. The monoisotopic (exact) mass is 579 g/mol. The number of nitrogens with two attached hydrogens (primary N) is 1. The quantitative estimate of drug-likeness (QED) is 0.254. The molecule has 2 aromatic carbocycles. The van der Waals surface area contributed by atoms with E-state index in [2.05, 4.69) is 22.8 Å². The Labute approximate surface area is 236 Å². The first-order valence-electron chi connectivity index (χ1n) is 12.7. The third-order valence-electron chi connectivity index (χ3n) is 6.98. The second kappa shape index (κ2) is 11.8. The molecule has 5 rings (SSSR count). The van der Waals surface area contributed by atoms with Crippen LogP contribution in [0.4, 0.5) is 0 Å². The molecule has 4 N–H and O–H groups in total. The van der Waals surface area contributed by atoms with Crippen molar-refractivity contribution in [2.75, 3.05) is 0 Å². The smallest absolute Gasteiger partial charge is 0.238 e. The summed E-state index contributed by atoms with van der Waals surface area (Å²) in [4.78, 5) is 29.6. The molecule has 0 aliphatic heterocycles. The van der Waals surface area contributed by atoms with E-state index in [1.165, 1.54) is 15.8 Å². The third kappa shape index (κ3) is 6.47. The van der Waals surface area contributed by atoms with Gasteiger partial charge in [0.25, 0.3) is 0 Å². The van der Waals surface area contributed by atoms with Crippen LogP contribution < -0.4 is 15.8 Å². The molecule has 202 valence electrons. The largest absolute Gasteiger partial charge is 0.352 e. The second-order valence-corrected chi connectivity index (χ2v) is 13.2. The molecule has 10 heteroatoms. The normalized spacial score (nSPS) is 17.2. The van der Waals surface area contributed by atoms with Gasteiger partial charge in [-0.1, -0.05) is 55.0 Å². The van der Waals surface area contributed by atoms with Gasteiger partial charge in [-0.05, 0) is 53.6 Å². The highest BCUT2D eigenvalue weighted by Crippen LogP contribution is 2.34. The lowest BCUT2D eigenvalue weighted by Gasteiger charge is -2.19. The fourth-order valence-electron chi connectivity index (χ4n) is 4.99. The van der Waals surface area contributed by atoms with Gasteiger partial charge in [0.1, 0.15) is 0 Å². The predicted molar refractivity (Wildman–Crippen MR) is 155 cm³/mol. The minimum Gasteiger partial charge on any atom is -0.352 e. The number of rotatable bonds is 9. The van der Waals surface area contributed by atoms with Gasteiger partial charge in [-0.15, -0.1) is 22.7 Å². The fourth-order valence-corrected chi connectivity index (χ4v) is 7.54. The van der Waals surface area contributed by atoms with E-state index in [1.807, 2.05) is 41.8 Å². The average molecular weight is 580 g/mol. The van der Waals surface area contributed by atoms with Crippen molar-refractivity contribution in [3.05, 3.63) is 88.6 Å². The number of nitrogens with one attached hydrogen (secondary N) is 2. The zero-order chi connectivity index (χ0) is 27.4. The molecule has 1 unspecified atom stereocenters. The van der Waals surface area contributed by atoms with E-state index >= 15 is 0 Å². The van der Waals surface area contributed by atoms with Gasteiger partial charge in [0.05, 0.1) is 11.4 Å². The zero-order valence-corrected chi connectivity index (χ0v) is 23.6. The summed E-state index contributed by atoms with van der Waals surface area (Å²) >= 11 is 3.36. The molecule has 0 radical (unpaired) electrons. The van der Waals surface area contributed by atoms with Crippen molar-refractivity contribution in [1.29, 1.82) is 0 Å². The summed E-state index contributed by atoms with van der Waals surface area (Å²) in [6.07, 6.45) is 2.23. The first-order chi connectivity index (χ1) is 18.8. The van der Waals surface area contributed by atoms with Crippen molar-refractivity contribution < 1.29 is 18.0 Å². The predicted octanol–water partition coefficient (Wildman–Crippen LogP) is 5.14. The molecular formula is C29H29N3O4S3. The number of hydrogen-bond acceptors (Lipinski definition) is 6. The molecule has 4 aromatic rings. The van der Waals surface area contributed by atoms with Crippen LogP contribution in [0.5, 0.6) is 0 Å². The van der Waals surface area contributed by atoms with Gasteiger partial charge in [0, 0.05) is 38.6 Å². The number of benzene rings is 2. The molecule has 1 aliphatic rings. The lowest BCUT2D eigenvalue weighted by molar-refractivity contribution is -0.133. The number of amides is 2. The van der Waals surface area contributed by atoms with Crippen LogP contribution in [0.1, 0.15) is 29.7 Å². The van der Waals surface area contributed by atoms with Gasteiger partial charge in [-0.2, -0.15) is 0 Å². The minimum atomic E-state index is -3.85. The summed E-state index contributed by atoms with van der Waals surface area (Å²) in [5.41, 5.74) is 2.12. The van der Waals surface area contributed by atoms with E-state index in [4.69, 9.17) is 5.14 Å². The topological polar surface area (TPSA) is 118 Å². The van der Waals surface area contributed by atoms with Crippen molar-refractivity contribution in [2.45, 2.75) is 37.2 Å². The van der Waals surface area contributed by atoms with Crippen molar-refractivity contribution in [1.82, 2.24) is 10.6 Å². The lowest BCUT2D eigenvalue weighted by Crippen LogP contribution is -2.39. The maximum Gasteiger partial charge on any atom is 0.238 e. The van der Waals surface area contributed by atoms with Gasteiger partial charge >= 0.3 is 0 Å². The molecule has 1 saturated carbocycles. The molecule has 1 fully saturated rings. The van der Waals surface area contributed by atoms with Gasteiger partial charge in [0.15, 0.2) is 0 Å². The number of carbonyl (C=O) groups excluding carboxylic acids is 2. The number of thiophene rings is 2. The van der Waals surface area contributed by atoms with Gasteiger partial charge < -0.3 is 10.6 Å². The van der Waals surface area contributed by atoms with E-state index in [0.717, 1.165) is 22.4 Å². The van der Waals surface area contributed by atoms with Crippen LogP contribution >= 0.6 is 22.7 Å². The highest BCUT2D eigenvalue weighted by Gasteiger charge is 2.37. The summed E-state index contributed by atoms with van der Waals surface area (Å²) < 4.78 is 23.9. The fraction of sp³-hybridized carbons (Fsp3) is 0.241. The first-order valence-corrected chi connectivity index (χ1v) is 15.9. The number of primary sulfonamides is 1. The summed E-state index contributed by atoms with van der Waals surface area (Å²) in [6.45, 7) is 0.780. The van der Waals surface area contributed by atoms with Crippen molar-refractivity contribution in [3.8, 4) is 20.9 Å². The molecule has 2 amide bonds. The van der Waals surface area contributed by atoms with E-state index in [1.54, 1.807) is 40.9 Å². The zero-order valence-electron chi connectivity index (χ0n) is 21.1. The molecule has 0 spiro atoms.